The minimum absolute atomic E-state index is 0.211. The van der Waals surface area contributed by atoms with Crippen molar-refractivity contribution in [2.24, 2.45) is 5.10 Å². The molecular formula is C32H28Cl2N8O. The van der Waals surface area contributed by atoms with Crippen LogP contribution in [0.15, 0.2) is 77.9 Å². The monoisotopic (exact) mass is 610 g/mol. The van der Waals surface area contributed by atoms with Gasteiger partial charge in [-0.05, 0) is 48.4 Å². The van der Waals surface area contributed by atoms with Crippen molar-refractivity contribution in [3.8, 4) is 12.1 Å². The fourth-order valence-electron chi connectivity index (χ4n) is 5.23. The molecule has 4 aromatic rings. The van der Waals surface area contributed by atoms with Gasteiger partial charge in [0.25, 0.3) is 0 Å². The smallest absolute Gasteiger partial charge is 0.145 e. The minimum Gasteiger partial charge on any atom is -0.379 e. The number of nitrogens with one attached hydrogen (secondary N) is 2. The second kappa shape index (κ2) is 12.9. The van der Waals surface area contributed by atoms with Gasteiger partial charge in [-0.15, -0.1) is 0 Å². The number of nitrogens with zero attached hydrogens (tertiary/aromatic N) is 6. The average Bonchev–Trinajstić information content (AvgIpc) is 3.40. The Morgan fingerprint density at radius 1 is 1.02 bits per heavy atom. The Kier molecular flexibility index (Phi) is 8.59. The van der Waals surface area contributed by atoms with Crippen LogP contribution in [0, 0.1) is 22.7 Å². The Bertz CT molecular complexity index is 1760. The molecule has 0 spiro atoms. The van der Waals surface area contributed by atoms with Gasteiger partial charge in [0.1, 0.15) is 11.9 Å². The van der Waals surface area contributed by atoms with Gasteiger partial charge in [0.15, 0.2) is 0 Å². The summed E-state index contributed by atoms with van der Waals surface area (Å²) in [6.45, 7) is 2.34. The quantitative estimate of drug-likeness (QED) is 0.202. The summed E-state index contributed by atoms with van der Waals surface area (Å²) >= 11 is 13.0. The first kappa shape index (κ1) is 28.7. The predicted molar refractivity (Wildman–Crippen MR) is 170 cm³/mol. The summed E-state index contributed by atoms with van der Waals surface area (Å²) in [5.74, 6) is 0.471. The molecule has 1 saturated heterocycles. The Balaban J connectivity index is 1.28. The minimum atomic E-state index is -0.311. The van der Waals surface area contributed by atoms with E-state index in [1.165, 1.54) is 0 Å². The SMILES string of the molecule is N#CCC[C@@H](Nc1nc2ccccc2cc1C#N)c1ccc(Cl)cc1NCC1=NN(c2ccccc2Cl)N(C2COC2)C1. The van der Waals surface area contributed by atoms with Crippen LogP contribution in [-0.4, -0.2) is 48.0 Å². The Hall–Kier alpha value is -4.38. The summed E-state index contributed by atoms with van der Waals surface area (Å²) in [5, 5.41) is 37.4. The van der Waals surface area contributed by atoms with Gasteiger partial charge < -0.3 is 15.4 Å². The molecule has 9 nitrogen and oxygen atoms in total. The lowest BCUT2D eigenvalue weighted by molar-refractivity contribution is -0.0608. The molecule has 2 aliphatic heterocycles. The van der Waals surface area contributed by atoms with Gasteiger partial charge in [0.05, 0.1) is 72.0 Å². The molecule has 1 fully saturated rings. The van der Waals surface area contributed by atoms with E-state index >= 15 is 0 Å². The van der Waals surface area contributed by atoms with Crippen molar-refractivity contribution in [1.29, 1.82) is 10.5 Å². The first-order valence-corrected chi connectivity index (χ1v) is 14.7. The van der Waals surface area contributed by atoms with Crippen molar-refractivity contribution < 1.29 is 4.74 Å². The molecule has 1 aromatic heterocycles. The highest BCUT2D eigenvalue weighted by Crippen LogP contribution is 2.34. The third-order valence-corrected chi connectivity index (χ3v) is 8.06. The third-order valence-electron chi connectivity index (χ3n) is 7.51. The van der Waals surface area contributed by atoms with E-state index in [0.717, 1.165) is 33.6 Å². The molecule has 0 bridgehead atoms. The van der Waals surface area contributed by atoms with Gasteiger partial charge in [0.2, 0.25) is 0 Å². The molecular weight excluding hydrogens is 583 g/mol. The van der Waals surface area contributed by atoms with Crippen LogP contribution >= 0.6 is 23.2 Å². The lowest BCUT2D eigenvalue weighted by Crippen LogP contribution is -2.54. The molecule has 3 heterocycles. The molecule has 216 valence electrons. The fraction of sp³-hybridized carbons (Fsp3) is 0.250. The zero-order valence-electron chi connectivity index (χ0n) is 23.2. The number of para-hydroxylation sites is 2. The number of hydrogen-bond donors (Lipinski definition) is 2. The molecule has 3 aromatic carbocycles. The Morgan fingerprint density at radius 2 is 1.84 bits per heavy atom. The number of rotatable bonds is 10. The molecule has 0 amide bonds. The van der Waals surface area contributed by atoms with Crippen molar-refractivity contribution in [2.75, 3.05) is 42.1 Å². The van der Waals surface area contributed by atoms with Crippen LogP contribution in [0.1, 0.15) is 30.0 Å². The van der Waals surface area contributed by atoms with Gasteiger partial charge in [0, 0.05) is 22.5 Å². The number of hydrazone groups is 1. The van der Waals surface area contributed by atoms with Crippen molar-refractivity contribution in [2.45, 2.75) is 24.9 Å². The number of anilines is 3. The van der Waals surface area contributed by atoms with Crippen LogP contribution in [0.5, 0.6) is 0 Å². The number of ether oxygens (including phenoxy) is 1. The van der Waals surface area contributed by atoms with E-state index in [0.29, 0.717) is 60.6 Å². The first-order valence-electron chi connectivity index (χ1n) is 14.0. The summed E-state index contributed by atoms with van der Waals surface area (Å²) in [5.41, 5.74) is 4.66. The van der Waals surface area contributed by atoms with E-state index in [1.807, 2.05) is 77.9 Å². The number of hydrogen-bond acceptors (Lipinski definition) is 9. The molecule has 43 heavy (non-hydrogen) atoms. The lowest BCUT2D eigenvalue weighted by Gasteiger charge is -2.38. The molecule has 11 heteroatoms. The van der Waals surface area contributed by atoms with Gasteiger partial charge >= 0.3 is 0 Å². The topological polar surface area (TPSA) is 113 Å². The molecule has 0 radical (unpaired) electrons. The predicted octanol–water partition coefficient (Wildman–Crippen LogP) is 6.77. The Labute approximate surface area is 259 Å². The van der Waals surface area contributed by atoms with E-state index in [9.17, 15) is 10.5 Å². The van der Waals surface area contributed by atoms with Crippen LogP contribution in [0.2, 0.25) is 10.0 Å². The number of pyridine rings is 1. The van der Waals surface area contributed by atoms with Gasteiger partial charge in [-0.1, -0.05) is 59.6 Å². The van der Waals surface area contributed by atoms with Gasteiger partial charge in [-0.25, -0.2) is 4.98 Å². The summed E-state index contributed by atoms with van der Waals surface area (Å²) in [6.07, 6.45) is 0.815. The van der Waals surface area contributed by atoms with E-state index in [-0.39, 0.29) is 12.1 Å². The van der Waals surface area contributed by atoms with Crippen molar-refractivity contribution in [3.63, 3.8) is 0 Å². The van der Waals surface area contributed by atoms with E-state index in [1.54, 1.807) is 0 Å². The largest absolute Gasteiger partial charge is 0.379 e. The van der Waals surface area contributed by atoms with E-state index in [2.05, 4.69) is 27.8 Å². The highest BCUT2D eigenvalue weighted by atomic mass is 35.5. The molecule has 0 unspecified atom stereocenters. The number of hydrazine groups is 1. The fourth-order valence-corrected chi connectivity index (χ4v) is 5.61. The van der Waals surface area contributed by atoms with Crippen LogP contribution in [0.4, 0.5) is 17.2 Å². The summed E-state index contributed by atoms with van der Waals surface area (Å²) in [4.78, 5) is 4.74. The zero-order chi connectivity index (χ0) is 29.8. The van der Waals surface area contributed by atoms with Crippen LogP contribution in [0.25, 0.3) is 10.9 Å². The summed E-state index contributed by atoms with van der Waals surface area (Å²) < 4.78 is 5.47. The standard InChI is InChI=1S/C32H28Cl2N8O/c33-23-11-12-26(29(9-5-13-35)39-32-22(16-36)14-21-6-1-3-8-28(21)38-32)30(15-23)37-17-24-18-41(25-19-43-20-25)42(40-24)31-10-4-2-7-27(31)34/h1-4,6-8,10-12,14-15,25,29,37H,5,9,17-20H2,(H,38,39)/t29-/m1/s1. The molecule has 2 aliphatic rings. The maximum absolute atomic E-state index is 9.89. The normalized spacial score (nSPS) is 15.8. The van der Waals surface area contributed by atoms with Crippen LogP contribution in [-0.2, 0) is 4.74 Å². The van der Waals surface area contributed by atoms with Crippen LogP contribution < -0.4 is 15.8 Å². The highest BCUT2D eigenvalue weighted by molar-refractivity contribution is 6.33. The lowest BCUT2D eigenvalue weighted by atomic mass is 9.99. The molecule has 0 aliphatic carbocycles. The van der Waals surface area contributed by atoms with E-state index < -0.39 is 0 Å². The maximum Gasteiger partial charge on any atom is 0.145 e. The number of aromatic nitrogens is 1. The highest BCUT2D eigenvalue weighted by Gasteiger charge is 2.36. The molecule has 0 saturated carbocycles. The van der Waals surface area contributed by atoms with Crippen molar-refractivity contribution in [1.82, 2.24) is 9.99 Å². The van der Waals surface area contributed by atoms with Crippen molar-refractivity contribution in [3.05, 3.63) is 94.0 Å². The summed E-state index contributed by atoms with van der Waals surface area (Å²) in [6, 6.07) is 27.2. The molecule has 1 atom stereocenters. The zero-order valence-corrected chi connectivity index (χ0v) is 24.7. The number of nitriles is 2. The Morgan fingerprint density at radius 3 is 2.60 bits per heavy atom. The molecule has 2 N–H and O–H groups in total. The second-order valence-electron chi connectivity index (χ2n) is 10.4. The van der Waals surface area contributed by atoms with E-state index in [4.69, 9.17) is 38.0 Å². The summed E-state index contributed by atoms with van der Waals surface area (Å²) in [7, 11) is 0. The third kappa shape index (κ3) is 6.22. The number of fused-ring (bicyclic) bond motifs is 1. The second-order valence-corrected chi connectivity index (χ2v) is 11.2. The number of halogens is 2. The first-order chi connectivity index (χ1) is 21.0. The van der Waals surface area contributed by atoms with Crippen LogP contribution in [0.3, 0.4) is 0 Å². The maximum atomic E-state index is 9.89. The van der Waals surface area contributed by atoms with Gasteiger partial charge in [-0.3, -0.25) is 0 Å². The number of benzene rings is 3. The van der Waals surface area contributed by atoms with Gasteiger partial charge in [-0.2, -0.15) is 25.8 Å². The average molecular weight is 612 g/mol. The molecule has 6 rings (SSSR count). The van der Waals surface area contributed by atoms with Crippen molar-refractivity contribution >= 4 is 57.0 Å².